The number of allylic oxidation sites excluding steroid dienone is 11. The third-order valence-corrected chi connectivity index (χ3v) is 15.6. The number of rotatable bonds is 60. The van der Waals surface area contributed by atoms with Crippen molar-refractivity contribution in [2.45, 2.75) is 315 Å². The van der Waals surface area contributed by atoms with Crippen LogP contribution in [0.5, 0.6) is 0 Å². The molecule has 460 valence electrons. The van der Waals surface area contributed by atoms with E-state index in [0.717, 1.165) is 89.9 Å². The van der Waals surface area contributed by atoms with Crippen molar-refractivity contribution in [2.24, 2.45) is 0 Å². The molecule has 0 radical (unpaired) electrons. The molecule has 79 heavy (non-hydrogen) atoms. The first-order valence-corrected chi connectivity index (χ1v) is 34.8. The summed E-state index contributed by atoms with van der Waals surface area (Å²) in [6.07, 6.45) is 76.2. The third kappa shape index (κ3) is 59.9. The van der Waals surface area contributed by atoms with Gasteiger partial charge < -0.3 is 19.4 Å². The van der Waals surface area contributed by atoms with Crippen LogP contribution >= 0.6 is 7.82 Å². The normalized spacial score (nSPS) is 14.1. The molecule has 0 heterocycles. The number of esters is 1. The molecule has 0 saturated heterocycles. The summed E-state index contributed by atoms with van der Waals surface area (Å²) < 4.78 is 30.7. The van der Waals surface area contributed by atoms with Gasteiger partial charge in [-0.2, -0.15) is 0 Å². The van der Waals surface area contributed by atoms with Crippen molar-refractivity contribution in [1.29, 1.82) is 0 Å². The van der Waals surface area contributed by atoms with Crippen LogP contribution in [0.1, 0.15) is 303 Å². The molecule has 0 aliphatic carbocycles. The van der Waals surface area contributed by atoms with E-state index < -0.39 is 20.0 Å². The largest absolute Gasteiger partial charge is 0.472 e. The lowest BCUT2D eigenvalue weighted by Gasteiger charge is -2.27. The predicted molar refractivity (Wildman–Crippen MR) is 341 cm³/mol. The van der Waals surface area contributed by atoms with Gasteiger partial charge in [0, 0.05) is 12.8 Å². The number of phosphoric ester groups is 1. The van der Waals surface area contributed by atoms with Crippen LogP contribution in [-0.4, -0.2) is 74.3 Å². The Labute approximate surface area is 489 Å². The summed E-state index contributed by atoms with van der Waals surface area (Å²) in [4.78, 5) is 37.7. The molecular formula is C69H128N2O7P+. The fraction of sp³-hybridized carbons (Fsp3) is 0.797. The molecule has 3 unspecified atom stereocenters. The number of nitrogens with one attached hydrogen (secondary N) is 1. The molecule has 3 atom stereocenters. The monoisotopic (exact) mass is 1130 g/mol. The molecule has 0 aromatic heterocycles. The Kier molecular flexibility index (Phi) is 56.7. The highest BCUT2D eigenvalue weighted by Crippen LogP contribution is 2.43. The number of hydrogen-bond donors (Lipinski definition) is 2. The number of amides is 1. The molecule has 0 bridgehead atoms. The molecule has 0 aromatic rings. The SMILES string of the molecule is CCCCC/C=C\C/C=C\C/C=C\CCCCCCCCCCCCCCCCC(=O)NC(COP(=O)(O)OCC[N+](C)(C)C)C(/C=C\CCCCCCCCCCC)OC(=O)CCCCCCCC/C=C/C=C/CCCCC. The summed E-state index contributed by atoms with van der Waals surface area (Å²) in [5, 5.41) is 3.06. The maximum atomic E-state index is 13.6. The smallest absolute Gasteiger partial charge is 0.456 e. The van der Waals surface area contributed by atoms with Crippen molar-refractivity contribution in [1.82, 2.24) is 5.32 Å². The molecule has 0 rings (SSSR count). The van der Waals surface area contributed by atoms with Gasteiger partial charge in [0.25, 0.3) is 0 Å². The quantitative estimate of drug-likeness (QED) is 0.0156. The first-order valence-electron chi connectivity index (χ1n) is 33.3. The summed E-state index contributed by atoms with van der Waals surface area (Å²) >= 11 is 0. The van der Waals surface area contributed by atoms with Crippen LogP contribution in [0, 0.1) is 0 Å². The molecular weight excluding hydrogens is 1000 g/mol. The van der Waals surface area contributed by atoms with Gasteiger partial charge >= 0.3 is 13.8 Å². The van der Waals surface area contributed by atoms with Crippen LogP contribution in [0.4, 0.5) is 0 Å². The fourth-order valence-electron chi connectivity index (χ4n) is 9.47. The van der Waals surface area contributed by atoms with E-state index in [2.05, 4.69) is 86.8 Å². The number of unbranched alkanes of at least 4 members (excludes halogenated alkanes) is 35. The lowest BCUT2D eigenvalue weighted by molar-refractivity contribution is -0.870. The maximum Gasteiger partial charge on any atom is 0.472 e. The molecule has 2 N–H and O–H groups in total. The van der Waals surface area contributed by atoms with Gasteiger partial charge in [-0.3, -0.25) is 18.6 Å². The van der Waals surface area contributed by atoms with Crippen LogP contribution in [0.2, 0.25) is 0 Å². The highest BCUT2D eigenvalue weighted by atomic mass is 31.2. The Morgan fingerprint density at radius 3 is 1.25 bits per heavy atom. The first kappa shape index (κ1) is 76.5. The summed E-state index contributed by atoms with van der Waals surface area (Å²) in [6.45, 7) is 6.96. The van der Waals surface area contributed by atoms with Crippen molar-refractivity contribution >= 4 is 19.7 Å². The highest BCUT2D eigenvalue weighted by molar-refractivity contribution is 7.47. The second kappa shape index (κ2) is 58.6. The van der Waals surface area contributed by atoms with Gasteiger partial charge in [-0.25, -0.2) is 4.57 Å². The van der Waals surface area contributed by atoms with Gasteiger partial charge in [0.2, 0.25) is 5.91 Å². The Balaban J connectivity index is 5.02. The minimum absolute atomic E-state index is 0.0368. The van der Waals surface area contributed by atoms with Gasteiger partial charge in [-0.1, -0.05) is 267 Å². The van der Waals surface area contributed by atoms with Gasteiger partial charge in [0.05, 0.1) is 33.8 Å². The average Bonchev–Trinajstić information content (AvgIpc) is 3.41. The molecule has 0 spiro atoms. The van der Waals surface area contributed by atoms with Crippen molar-refractivity contribution in [2.75, 3.05) is 40.9 Å². The van der Waals surface area contributed by atoms with Gasteiger partial charge in [0.15, 0.2) is 0 Å². The molecule has 0 aliphatic rings. The molecule has 1 amide bonds. The standard InChI is InChI=1S/C69H127N2O7P/c1-7-10-13-16-19-22-25-27-29-30-31-32-33-34-35-36-37-38-39-40-42-43-46-49-52-55-58-61-68(72)70-66(65-77-79(74,75)76-64-63-71(4,5)6)67(60-57-54-51-48-45-24-21-18-15-12-9-3)78-69(73)62-59-56-53-50-47-44-41-28-26-23-20-17-14-11-8-2/h19-20,22-23,26-29,31-32,57,60,66-67H,7-18,21,24-25,30,33-56,58-59,61-65H2,1-6H3,(H-,70,72,74,75)/p+1/b22-19-,23-20+,28-26+,29-27-,32-31-,60-57-. The zero-order chi connectivity index (χ0) is 57.9. The topological polar surface area (TPSA) is 111 Å². The fourth-order valence-corrected chi connectivity index (χ4v) is 10.2. The van der Waals surface area contributed by atoms with Crippen LogP contribution in [0.3, 0.4) is 0 Å². The molecule has 9 nitrogen and oxygen atoms in total. The van der Waals surface area contributed by atoms with E-state index in [1.54, 1.807) is 0 Å². The number of carbonyl (C=O) groups is 2. The highest BCUT2D eigenvalue weighted by Gasteiger charge is 2.30. The average molecular weight is 1130 g/mol. The molecule has 10 heteroatoms. The minimum atomic E-state index is -4.45. The maximum absolute atomic E-state index is 13.6. The summed E-state index contributed by atoms with van der Waals surface area (Å²) in [5.74, 6) is -0.514. The van der Waals surface area contributed by atoms with Crippen LogP contribution < -0.4 is 5.32 Å². The number of phosphoric acid groups is 1. The van der Waals surface area contributed by atoms with E-state index in [1.165, 1.54) is 180 Å². The van der Waals surface area contributed by atoms with Crippen molar-refractivity contribution in [3.63, 3.8) is 0 Å². The number of nitrogens with zero attached hydrogens (tertiary/aromatic N) is 1. The molecule has 0 saturated carbocycles. The Morgan fingerprint density at radius 2 is 0.810 bits per heavy atom. The second-order valence-corrected chi connectivity index (χ2v) is 25.1. The number of carbonyl (C=O) groups excluding carboxylic acids is 2. The van der Waals surface area contributed by atoms with E-state index in [9.17, 15) is 19.0 Å². The third-order valence-electron chi connectivity index (χ3n) is 14.6. The zero-order valence-corrected chi connectivity index (χ0v) is 53.5. The number of likely N-dealkylation sites (N-methyl/N-ethyl adjacent to an activating group) is 1. The van der Waals surface area contributed by atoms with Gasteiger partial charge in [-0.15, -0.1) is 0 Å². The van der Waals surface area contributed by atoms with Gasteiger partial charge in [-0.05, 0) is 96.0 Å². The van der Waals surface area contributed by atoms with Crippen LogP contribution in [0.15, 0.2) is 72.9 Å². The lowest BCUT2D eigenvalue weighted by Crippen LogP contribution is -2.47. The van der Waals surface area contributed by atoms with E-state index in [-0.39, 0.29) is 31.5 Å². The minimum Gasteiger partial charge on any atom is -0.456 e. The lowest BCUT2D eigenvalue weighted by atomic mass is 10.0. The Hall–Kier alpha value is -2.55. The van der Waals surface area contributed by atoms with Crippen molar-refractivity contribution in [3.8, 4) is 0 Å². The van der Waals surface area contributed by atoms with Crippen molar-refractivity contribution in [3.05, 3.63) is 72.9 Å². The van der Waals surface area contributed by atoms with E-state index in [1.807, 2.05) is 33.3 Å². The number of ether oxygens (including phenoxy) is 1. The summed E-state index contributed by atoms with van der Waals surface area (Å²) in [6, 6.07) is -0.855. The van der Waals surface area contributed by atoms with Gasteiger partial charge in [0.1, 0.15) is 19.3 Å². The summed E-state index contributed by atoms with van der Waals surface area (Å²) in [5.41, 5.74) is 0. The van der Waals surface area contributed by atoms with Crippen LogP contribution in [-0.2, 0) is 27.9 Å². The van der Waals surface area contributed by atoms with E-state index in [0.29, 0.717) is 17.4 Å². The number of quaternary nitrogens is 1. The molecule has 0 fully saturated rings. The van der Waals surface area contributed by atoms with E-state index >= 15 is 0 Å². The zero-order valence-electron chi connectivity index (χ0n) is 52.6. The molecule has 0 aromatic carbocycles. The first-order chi connectivity index (χ1) is 38.4. The van der Waals surface area contributed by atoms with E-state index in [4.69, 9.17) is 13.8 Å². The second-order valence-electron chi connectivity index (χ2n) is 23.7. The Bertz CT molecular complexity index is 1580. The molecule has 0 aliphatic heterocycles. The Morgan fingerprint density at radius 1 is 0.456 bits per heavy atom. The van der Waals surface area contributed by atoms with Crippen LogP contribution in [0.25, 0.3) is 0 Å². The summed E-state index contributed by atoms with van der Waals surface area (Å²) in [7, 11) is 1.49. The van der Waals surface area contributed by atoms with Crippen molar-refractivity contribution < 1.29 is 37.3 Å². The number of hydrogen-bond acceptors (Lipinski definition) is 6. The predicted octanol–water partition coefficient (Wildman–Crippen LogP) is 20.8.